The minimum absolute atomic E-state index is 0.0170. The molecule has 0 spiro atoms. The molecule has 9 heteroatoms. The van der Waals surface area contributed by atoms with Gasteiger partial charge in [-0.05, 0) is 53.7 Å². The summed E-state index contributed by atoms with van der Waals surface area (Å²) >= 11 is 0. The van der Waals surface area contributed by atoms with Crippen molar-refractivity contribution >= 4 is 28.0 Å². The number of hydrogen-bond donors (Lipinski definition) is 1. The first-order chi connectivity index (χ1) is 16.9. The van der Waals surface area contributed by atoms with Gasteiger partial charge in [-0.3, -0.25) is 4.98 Å². The van der Waals surface area contributed by atoms with Crippen molar-refractivity contribution in [2.24, 2.45) is 0 Å². The maximum Gasteiger partial charge on any atom is 0.410 e. The number of rotatable bonds is 7. The van der Waals surface area contributed by atoms with Crippen LogP contribution in [0.3, 0.4) is 0 Å². The van der Waals surface area contributed by atoms with E-state index in [0.29, 0.717) is 32.8 Å². The monoisotopic (exact) mass is 498 g/mol. The smallest absolute Gasteiger partial charge is 0.410 e. The number of benzene rings is 1. The molecule has 1 aliphatic rings. The molecule has 3 heterocycles. The van der Waals surface area contributed by atoms with Gasteiger partial charge < -0.3 is 28.8 Å². The number of nitrogens with zero attached hydrogens (tertiary/aromatic N) is 4. The van der Waals surface area contributed by atoms with Gasteiger partial charge in [-0.25, -0.2) is 9.78 Å². The van der Waals surface area contributed by atoms with Gasteiger partial charge >= 0.3 is 6.09 Å². The second-order valence-electron chi connectivity index (χ2n) is 11.0. The van der Waals surface area contributed by atoms with Crippen LogP contribution in [0.5, 0.6) is 5.75 Å². The Morgan fingerprint density at radius 1 is 1.14 bits per heavy atom. The molecule has 9 nitrogen and oxygen atoms in total. The van der Waals surface area contributed by atoms with Gasteiger partial charge in [0.2, 0.25) is 0 Å². The molecule has 1 saturated heterocycles. The van der Waals surface area contributed by atoms with Gasteiger partial charge in [-0.15, -0.1) is 0 Å². The summed E-state index contributed by atoms with van der Waals surface area (Å²) in [4.78, 5) is 23.4. The molecule has 0 unspecified atom stereocenters. The number of fused-ring (bicyclic) bond motifs is 3. The van der Waals surface area contributed by atoms with Gasteiger partial charge in [-0.1, -0.05) is 0 Å². The van der Waals surface area contributed by atoms with Crippen molar-refractivity contribution in [1.29, 1.82) is 0 Å². The maximum atomic E-state index is 12.3. The third kappa shape index (κ3) is 6.25. The van der Waals surface area contributed by atoms with Crippen molar-refractivity contribution in [3.05, 3.63) is 30.2 Å². The number of amides is 1. The molecule has 0 radical (unpaired) electrons. The molecule has 0 bridgehead atoms. The lowest BCUT2D eigenvalue weighted by Crippen LogP contribution is -2.44. The van der Waals surface area contributed by atoms with E-state index in [4.69, 9.17) is 19.2 Å². The van der Waals surface area contributed by atoms with Crippen LogP contribution in [0.25, 0.3) is 21.9 Å². The molecule has 1 aliphatic heterocycles. The molecule has 196 valence electrons. The summed E-state index contributed by atoms with van der Waals surface area (Å²) in [7, 11) is 0. The fourth-order valence-corrected chi connectivity index (χ4v) is 4.45. The number of carbonyl (C=O) groups is 1. The number of piperidine rings is 1. The molecule has 0 aliphatic carbocycles. The predicted molar refractivity (Wildman–Crippen MR) is 138 cm³/mol. The summed E-state index contributed by atoms with van der Waals surface area (Å²) in [5.74, 6) is 1.51. The molecule has 1 amide bonds. The Morgan fingerprint density at radius 3 is 2.50 bits per heavy atom. The highest BCUT2D eigenvalue weighted by Crippen LogP contribution is 2.30. The summed E-state index contributed by atoms with van der Waals surface area (Å²) < 4.78 is 19.4. The number of aliphatic hydroxyl groups is 1. The topological polar surface area (TPSA) is 98.9 Å². The third-order valence-corrected chi connectivity index (χ3v) is 6.00. The van der Waals surface area contributed by atoms with Crippen molar-refractivity contribution in [1.82, 2.24) is 19.4 Å². The van der Waals surface area contributed by atoms with E-state index in [0.717, 1.165) is 46.4 Å². The molecular weight excluding hydrogens is 460 g/mol. The van der Waals surface area contributed by atoms with Crippen LogP contribution in [-0.2, 0) is 22.6 Å². The van der Waals surface area contributed by atoms with Crippen molar-refractivity contribution in [3.8, 4) is 5.75 Å². The number of aromatic nitrogens is 3. The van der Waals surface area contributed by atoms with Crippen LogP contribution in [0.1, 0.15) is 60.2 Å². The SMILES string of the molecule is CCOCc1nc2cnc3cc(OC4CCN(C(=O)OC(C)(C)C)CC4)ccc3c2n1CC(C)(C)O. The van der Waals surface area contributed by atoms with E-state index in [1.165, 1.54) is 0 Å². The van der Waals surface area contributed by atoms with E-state index in [9.17, 15) is 9.90 Å². The van der Waals surface area contributed by atoms with Gasteiger partial charge in [0.15, 0.2) is 0 Å². The minimum atomic E-state index is -0.915. The molecule has 4 rings (SSSR count). The maximum absolute atomic E-state index is 12.3. The van der Waals surface area contributed by atoms with E-state index >= 15 is 0 Å². The molecule has 36 heavy (non-hydrogen) atoms. The van der Waals surface area contributed by atoms with Crippen molar-refractivity contribution in [2.75, 3.05) is 19.7 Å². The fourth-order valence-electron chi connectivity index (χ4n) is 4.45. The molecule has 0 atom stereocenters. The first-order valence-electron chi connectivity index (χ1n) is 12.7. The van der Waals surface area contributed by atoms with Crippen LogP contribution >= 0.6 is 0 Å². The first-order valence-corrected chi connectivity index (χ1v) is 12.7. The second-order valence-corrected chi connectivity index (χ2v) is 11.0. The molecule has 1 N–H and O–H groups in total. The van der Waals surface area contributed by atoms with Gasteiger partial charge in [0.05, 0.1) is 29.4 Å². The quantitative estimate of drug-likeness (QED) is 0.505. The van der Waals surface area contributed by atoms with Gasteiger partial charge in [-0.2, -0.15) is 0 Å². The third-order valence-electron chi connectivity index (χ3n) is 6.00. The lowest BCUT2D eigenvalue weighted by atomic mass is 10.1. The van der Waals surface area contributed by atoms with E-state index < -0.39 is 11.2 Å². The number of pyridine rings is 1. The van der Waals surface area contributed by atoms with E-state index in [1.54, 1.807) is 24.9 Å². The average Bonchev–Trinajstić information content (AvgIpc) is 3.13. The Hall–Kier alpha value is -2.91. The fraction of sp³-hybridized carbons (Fsp3) is 0.593. The minimum Gasteiger partial charge on any atom is -0.490 e. The van der Waals surface area contributed by atoms with Crippen LogP contribution in [0.4, 0.5) is 4.79 Å². The van der Waals surface area contributed by atoms with Gasteiger partial charge in [0, 0.05) is 44.0 Å². The van der Waals surface area contributed by atoms with E-state index in [2.05, 4.69) is 4.98 Å². The zero-order valence-electron chi connectivity index (χ0n) is 22.2. The van der Waals surface area contributed by atoms with E-state index in [-0.39, 0.29) is 12.2 Å². The zero-order chi connectivity index (χ0) is 26.1. The zero-order valence-corrected chi connectivity index (χ0v) is 22.2. The highest BCUT2D eigenvalue weighted by molar-refractivity contribution is 6.02. The summed E-state index contributed by atoms with van der Waals surface area (Å²) in [6.07, 6.45) is 2.98. The molecule has 3 aromatic rings. The Morgan fingerprint density at radius 2 is 1.86 bits per heavy atom. The number of imidazole rings is 1. The molecule has 0 saturated carbocycles. The Balaban J connectivity index is 1.53. The van der Waals surface area contributed by atoms with Gasteiger partial charge in [0.25, 0.3) is 0 Å². The Kier molecular flexibility index (Phi) is 7.43. The summed E-state index contributed by atoms with van der Waals surface area (Å²) in [5, 5.41) is 11.5. The van der Waals surface area contributed by atoms with Crippen LogP contribution in [0, 0.1) is 0 Å². The largest absolute Gasteiger partial charge is 0.490 e. The number of likely N-dealkylation sites (tertiary alicyclic amines) is 1. The molecule has 1 fully saturated rings. The van der Waals surface area contributed by atoms with Crippen molar-refractivity contribution in [2.45, 2.75) is 84.8 Å². The van der Waals surface area contributed by atoms with Crippen molar-refractivity contribution < 1.29 is 24.1 Å². The lowest BCUT2D eigenvalue weighted by Gasteiger charge is -2.33. The summed E-state index contributed by atoms with van der Waals surface area (Å²) in [6, 6.07) is 5.90. The first kappa shape index (κ1) is 26.2. The van der Waals surface area contributed by atoms with Gasteiger partial charge in [0.1, 0.15) is 35.4 Å². The summed E-state index contributed by atoms with van der Waals surface area (Å²) in [6.45, 7) is 13.7. The highest BCUT2D eigenvalue weighted by atomic mass is 16.6. The normalized spacial score (nSPS) is 15.6. The van der Waals surface area contributed by atoms with Crippen LogP contribution in [0.2, 0.25) is 0 Å². The Bertz CT molecular complexity index is 1220. The molecule has 2 aromatic heterocycles. The van der Waals surface area contributed by atoms with E-state index in [1.807, 2.05) is 50.5 Å². The number of carbonyl (C=O) groups excluding carboxylic acids is 1. The number of ether oxygens (including phenoxy) is 3. The van der Waals surface area contributed by atoms with Crippen LogP contribution < -0.4 is 4.74 Å². The number of hydrogen-bond acceptors (Lipinski definition) is 7. The highest BCUT2D eigenvalue weighted by Gasteiger charge is 2.28. The summed E-state index contributed by atoms with van der Waals surface area (Å²) in [5.41, 5.74) is 1.08. The standard InChI is InChI=1S/C27H38N4O5/c1-7-34-16-23-29-22-15-28-21-14-19(8-9-20(21)24(22)31(23)17-27(5,6)33)35-18-10-12-30(13-11-18)25(32)36-26(2,3)4/h8-9,14-15,18,33H,7,10-13,16-17H2,1-6H3. The van der Waals surface area contributed by atoms with Crippen LogP contribution in [0.15, 0.2) is 24.4 Å². The Labute approximate surface area is 212 Å². The van der Waals surface area contributed by atoms with Crippen molar-refractivity contribution in [3.63, 3.8) is 0 Å². The second kappa shape index (κ2) is 10.2. The molecule has 1 aromatic carbocycles. The average molecular weight is 499 g/mol. The molecular formula is C27H38N4O5. The lowest BCUT2D eigenvalue weighted by molar-refractivity contribution is 0.0126. The van der Waals surface area contributed by atoms with Crippen LogP contribution in [-0.4, -0.2) is 67.6 Å². The predicted octanol–water partition coefficient (Wildman–Crippen LogP) is 4.67.